The highest BCUT2D eigenvalue weighted by atomic mass is 32.2. The van der Waals surface area contributed by atoms with Gasteiger partial charge in [0.05, 0.1) is 16.3 Å². The van der Waals surface area contributed by atoms with Crippen molar-refractivity contribution in [2.45, 2.75) is 4.90 Å². The number of imidazole rings is 1. The minimum atomic E-state index is -3.71. The van der Waals surface area contributed by atoms with Gasteiger partial charge in [-0.1, -0.05) is 12.1 Å². The molecule has 0 aliphatic rings. The minimum absolute atomic E-state index is 0.175. The van der Waals surface area contributed by atoms with Gasteiger partial charge in [0, 0.05) is 42.2 Å². The Balaban J connectivity index is 1.35. The predicted octanol–water partition coefficient (Wildman–Crippen LogP) is 3.38. The van der Waals surface area contributed by atoms with Gasteiger partial charge in [0.2, 0.25) is 5.78 Å². The maximum atomic E-state index is 12.7. The average Bonchev–Trinajstić information content (AvgIpc) is 3.44. The average molecular weight is 416 g/mol. The minimum Gasteiger partial charge on any atom is -0.291 e. The van der Waals surface area contributed by atoms with Crippen LogP contribution in [0.2, 0.25) is 0 Å². The van der Waals surface area contributed by atoms with Crippen LogP contribution in [0.25, 0.3) is 22.7 Å². The lowest BCUT2D eigenvalue weighted by Gasteiger charge is -2.09. The molecular formula is C21H16N6O2S. The van der Waals surface area contributed by atoms with Crippen molar-refractivity contribution < 1.29 is 8.42 Å². The SMILES string of the molecule is O=S(=O)(Nc1ccc(-c2cn3cccnc3n2)cc1)c1ccc(-n2cccn2)cc1. The molecule has 5 aromatic rings. The van der Waals surface area contributed by atoms with Crippen LogP contribution >= 0.6 is 0 Å². The number of sulfonamides is 1. The van der Waals surface area contributed by atoms with Gasteiger partial charge in [-0.3, -0.25) is 9.12 Å². The molecule has 0 amide bonds. The van der Waals surface area contributed by atoms with Crippen LogP contribution in [0, 0.1) is 0 Å². The summed E-state index contributed by atoms with van der Waals surface area (Å²) in [5.41, 5.74) is 2.88. The van der Waals surface area contributed by atoms with Crippen LogP contribution in [-0.2, 0) is 10.0 Å². The number of aromatic nitrogens is 5. The maximum Gasteiger partial charge on any atom is 0.261 e. The van der Waals surface area contributed by atoms with E-state index in [4.69, 9.17) is 0 Å². The lowest BCUT2D eigenvalue weighted by atomic mass is 10.1. The predicted molar refractivity (Wildman–Crippen MR) is 113 cm³/mol. The Morgan fingerprint density at radius 2 is 1.63 bits per heavy atom. The van der Waals surface area contributed by atoms with Crippen molar-refractivity contribution in [3.8, 4) is 16.9 Å². The summed E-state index contributed by atoms with van der Waals surface area (Å²) < 4.78 is 31.5. The molecule has 0 fully saturated rings. The highest BCUT2D eigenvalue weighted by Gasteiger charge is 2.15. The number of hydrogen-bond donors (Lipinski definition) is 1. The smallest absolute Gasteiger partial charge is 0.261 e. The van der Waals surface area contributed by atoms with Crippen LogP contribution in [-0.4, -0.2) is 32.6 Å². The molecule has 0 aliphatic heterocycles. The van der Waals surface area contributed by atoms with E-state index in [1.54, 1.807) is 65.7 Å². The molecule has 3 heterocycles. The Hall–Kier alpha value is -3.98. The van der Waals surface area contributed by atoms with Crippen molar-refractivity contribution in [3.63, 3.8) is 0 Å². The Morgan fingerprint density at radius 1 is 0.867 bits per heavy atom. The normalized spacial score (nSPS) is 11.6. The Kier molecular flexibility index (Phi) is 4.29. The number of fused-ring (bicyclic) bond motifs is 1. The molecule has 5 rings (SSSR count). The van der Waals surface area contributed by atoms with Crippen LogP contribution in [0.1, 0.15) is 0 Å². The van der Waals surface area contributed by atoms with Gasteiger partial charge in [0.25, 0.3) is 10.0 Å². The van der Waals surface area contributed by atoms with Crippen LogP contribution in [0.3, 0.4) is 0 Å². The number of rotatable bonds is 5. The topological polar surface area (TPSA) is 94.2 Å². The second kappa shape index (κ2) is 7.12. The van der Waals surface area contributed by atoms with Crippen LogP contribution in [0.15, 0.2) is 96.5 Å². The van der Waals surface area contributed by atoms with E-state index in [2.05, 4.69) is 19.8 Å². The number of hydrogen-bond acceptors (Lipinski definition) is 5. The standard InChI is InChI=1S/C21H16N6O2S/c28-30(29,19-9-7-18(8-10-19)27-14-2-12-23-27)25-17-5-3-16(4-6-17)20-15-26-13-1-11-22-21(26)24-20/h1-15,25H. The summed E-state index contributed by atoms with van der Waals surface area (Å²) in [7, 11) is -3.71. The zero-order valence-corrected chi connectivity index (χ0v) is 16.4. The van der Waals surface area contributed by atoms with Crippen molar-refractivity contribution in [2.24, 2.45) is 0 Å². The molecule has 0 radical (unpaired) electrons. The molecule has 3 aromatic heterocycles. The van der Waals surface area contributed by atoms with Gasteiger partial charge in [-0.25, -0.2) is 23.1 Å². The Morgan fingerprint density at radius 3 is 2.33 bits per heavy atom. The molecule has 9 heteroatoms. The van der Waals surface area contributed by atoms with Crippen molar-refractivity contribution in [2.75, 3.05) is 4.72 Å². The van der Waals surface area contributed by atoms with Gasteiger partial charge in [0.1, 0.15) is 0 Å². The zero-order valence-electron chi connectivity index (χ0n) is 15.6. The zero-order chi connectivity index (χ0) is 20.6. The lowest BCUT2D eigenvalue weighted by molar-refractivity contribution is 0.601. The van der Waals surface area contributed by atoms with Crippen molar-refractivity contribution in [3.05, 3.63) is 91.6 Å². The lowest BCUT2D eigenvalue weighted by Crippen LogP contribution is -2.13. The largest absolute Gasteiger partial charge is 0.291 e. The third-order valence-corrected chi connectivity index (χ3v) is 5.98. The van der Waals surface area contributed by atoms with Gasteiger partial charge < -0.3 is 0 Å². The van der Waals surface area contributed by atoms with Crippen molar-refractivity contribution in [1.82, 2.24) is 24.1 Å². The first kappa shape index (κ1) is 18.1. The first-order chi connectivity index (χ1) is 14.6. The molecule has 148 valence electrons. The molecule has 0 saturated heterocycles. The van der Waals surface area contributed by atoms with E-state index in [1.165, 1.54) is 0 Å². The molecule has 0 atom stereocenters. The monoisotopic (exact) mass is 416 g/mol. The number of nitrogens with one attached hydrogen (secondary N) is 1. The first-order valence-corrected chi connectivity index (χ1v) is 10.6. The summed E-state index contributed by atoms with van der Waals surface area (Å²) in [6, 6.07) is 17.2. The molecule has 0 saturated carbocycles. The third-order valence-electron chi connectivity index (χ3n) is 4.58. The van der Waals surface area contributed by atoms with E-state index >= 15 is 0 Å². The van der Waals surface area contributed by atoms with Crippen molar-refractivity contribution in [1.29, 1.82) is 0 Å². The number of benzene rings is 2. The summed E-state index contributed by atoms with van der Waals surface area (Å²) in [5.74, 6) is 0.607. The number of anilines is 1. The fourth-order valence-corrected chi connectivity index (χ4v) is 4.15. The van der Waals surface area contributed by atoms with Gasteiger partial charge >= 0.3 is 0 Å². The van der Waals surface area contributed by atoms with Gasteiger partial charge in [-0.15, -0.1) is 0 Å². The van der Waals surface area contributed by atoms with E-state index < -0.39 is 10.0 Å². The second-order valence-corrected chi connectivity index (χ2v) is 8.26. The van der Waals surface area contributed by atoms with E-state index in [0.29, 0.717) is 11.5 Å². The summed E-state index contributed by atoms with van der Waals surface area (Å²) in [5, 5.41) is 4.13. The van der Waals surface area contributed by atoms with E-state index in [-0.39, 0.29) is 4.90 Å². The highest BCUT2D eigenvalue weighted by molar-refractivity contribution is 7.92. The van der Waals surface area contributed by atoms with Gasteiger partial charge in [-0.2, -0.15) is 5.10 Å². The van der Waals surface area contributed by atoms with Crippen LogP contribution in [0.5, 0.6) is 0 Å². The van der Waals surface area contributed by atoms with Gasteiger partial charge in [0.15, 0.2) is 0 Å². The van der Waals surface area contributed by atoms with Crippen molar-refractivity contribution >= 4 is 21.5 Å². The van der Waals surface area contributed by atoms with E-state index in [1.807, 2.05) is 35.0 Å². The van der Waals surface area contributed by atoms with E-state index in [0.717, 1.165) is 16.9 Å². The third kappa shape index (κ3) is 3.42. The Bertz CT molecular complexity index is 1370. The van der Waals surface area contributed by atoms with Crippen LogP contribution < -0.4 is 4.72 Å². The molecule has 30 heavy (non-hydrogen) atoms. The first-order valence-electron chi connectivity index (χ1n) is 9.12. The molecule has 0 unspecified atom stereocenters. The highest BCUT2D eigenvalue weighted by Crippen LogP contribution is 2.23. The molecular weight excluding hydrogens is 400 g/mol. The quantitative estimate of drug-likeness (QED) is 0.474. The fraction of sp³-hybridized carbons (Fsp3) is 0. The summed E-state index contributed by atoms with van der Waals surface area (Å²) >= 11 is 0. The van der Waals surface area contributed by atoms with Gasteiger partial charge in [-0.05, 0) is 48.5 Å². The second-order valence-electron chi connectivity index (χ2n) is 6.58. The molecule has 8 nitrogen and oxygen atoms in total. The summed E-state index contributed by atoms with van der Waals surface area (Å²) in [4.78, 5) is 8.85. The molecule has 0 spiro atoms. The molecule has 1 N–H and O–H groups in total. The Labute approximate surface area is 172 Å². The maximum absolute atomic E-state index is 12.7. The number of nitrogens with zero attached hydrogens (tertiary/aromatic N) is 5. The summed E-state index contributed by atoms with van der Waals surface area (Å²) in [6.45, 7) is 0. The van der Waals surface area contributed by atoms with Crippen LogP contribution in [0.4, 0.5) is 5.69 Å². The molecule has 0 aliphatic carbocycles. The fourth-order valence-electron chi connectivity index (χ4n) is 3.09. The molecule has 2 aromatic carbocycles. The van der Waals surface area contributed by atoms with E-state index in [9.17, 15) is 8.42 Å². The summed E-state index contributed by atoms with van der Waals surface area (Å²) in [6.07, 6.45) is 8.90. The molecule has 0 bridgehead atoms.